The molecule has 8 bridgehead atoms. The van der Waals surface area contributed by atoms with Crippen LogP contribution in [0.5, 0.6) is 0 Å². The summed E-state index contributed by atoms with van der Waals surface area (Å²) in [7, 11) is 0. The first-order valence-electron chi connectivity index (χ1n) is 13.7. The van der Waals surface area contributed by atoms with Gasteiger partial charge in [0.15, 0.2) is 0 Å². The van der Waals surface area contributed by atoms with Gasteiger partial charge in [-0.25, -0.2) is 4.98 Å². The zero-order valence-corrected chi connectivity index (χ0v) is 23.5. The van der Waals surface area contributed by atoms with Gasteiger partial charge >= 0.3 is 0 Å². The molecule has 0 saturated carbocycles. The summed E-state index contributed by atoms with van der Waals surface area (Å²) in [6, 6.07) is 6.70. The maximum Gasteiger partial charge on any atom is 0.104 e. The largest absolute Gasteiger partial charge is 0.355 e. The van der Waals surface area contributed by atoms with E-state index in [-0.39, 0.29) is 0 Å². The van der Waals surface area contributed by atoms with Crippen LogP contribution < -0.4 is 5.36 Å². The van der Waals surface area contributed by atoms with Gasteiger partial charge in [-0.3, -0.25) is 5.41 Å². The third-order valence-corrected chi connectivity index (χ3v) is 8.42. The predicted molar refractivity (Wildman–Crippen MR) is 157 cm³/mol. The van der Waals surface area contributed by atoms with E-state index in [0.717, 1.165) is 81.3 Å². The van der Waals surface area contributed by atoms with Gasteiger partial charge < -0.3 is 15.0 Å². The standard InChI is InChI=1S/C32H39N5/c1-9-20-16(5)24-13-25-17(6)21(10-2)27(35-25)15-29-23(12-4)19(8)32(37-29)30(33)31-18(7)22(11-3)28(36-31)14-26(20)34-24/h13-15,33-36H,9-12H2,1-8H3. The monoisotopic (exact) mass is 493 g/mol. The summed E-state index contributed by atoms with van der Waals surface area (Å²) in [6.45, 7) is 17.5. The SMILES string of the molecule is CCC1=C(C)c2nc1cc1[nH]c(cc3[nH]c(cc4[nH]c(c(C)c4CC)c2=N)c(CC)c3C)c(C)c1CC. The van der Waals surface area contributed by atoms with Crippen molar-refractivity contribution < 1.29 is 0 Å². The van der Waals surface area contributed by atoms with Gasteiger partial charge in [-0.1, -0.05) is 27.7 Å². The van der Waals surface area contributed by atoms with Crippen LogP contribution in [-0.4, -0.2) is 19.9 Å². The Morgan fingerprint density at radius 3 is 1.65 bits per heavy atom. The number of aromatic amines is 3. The number of hydrogen-bond donors (Lipinski definition) is 4. The molecule has 1 aliphatic rings. The molecule has 4 N–H and O–H groups in total. The molecule has 5 nitrogen and oxygen atoms in total. The van der Waals surface area contributed by atoms with E-state index in [4.69, 9.17) is 4.98 Å². The van der Waals surface area contributed by atoms with Gasteiger partial charge in [-0.2, -0.15) is 0 Å². The number of nitrogens with zero attached hydrogens (tertiary/aromatic N) is 1. The van der Waals surface area contributed by atoms with Crippen molar-refractivity contribution in [3.8, 4) is 0 Å². The lowest BCUT2D eigenvalue weighted by Crippen LogP contribution is -2.07. The second-order valence-corrected chi connectivity index (χ2v) is 10.3. The Kier molecular flexibility index (Phi) is 6.35. The van der Waals surface area contributed by atoms with Gasteiger partial charge in [0.2, 0.25) is 0 Å². The fraction of sp³-hybridized carbons (Fsp3) is 0.375. The van der Waals surface area contributed by atoms with E-state index in [1.165, 1.54) is 33.4 Å². The lowest BCUT2D eigenvalue weighted by Gasteiger charge is -2.00. The number of H-pyrrole nitrogens is 3. The number of fused-ring (bicyclic) bond motifs is 8. The molecule has 0 radical (unpaired) electrons. The van der Waals surface area contributed by atoms with Gasteiger partial charge in [0.05, 0.1) is 16.9 Å². The maximum atomic E-state index is 9.25. The van der Waals surface area contributed by atoms with E-state index in [0.29, 0.717) is 5.36 Å². The molecule has 0 aliphatic carbocycles. The topological polar surface area (TPSA) is 84.1 Å². The van der Waals surface area contributed by atoms with E-state index in [2.05, 4.69) is 88.5 Å². The van der Waals surface area contributed by atoms with Crippen molar-refractivity contribution in [3.63, 3.8) is 0 Å². The zero-order chi connectivity index (χ0) is 26.6. The first-order valence-corrected chi connectivity index (χ1v) is 13.7. The van der Waals surface area contributed by atoms with Crippen molar-refractivity contribution in [1.29, 1.82) is 5.41 Å². The fourth-order valence-corrected chi connectivity index (χ4v) is 6.25. The number of rotatable bonds is 4. The Labute approximate surface area is 218 Å². The predicted octanol–water partition coefficient (Wildman–Crippen LogP) is 7.96. The molecular formula is C32H39N5. The summed E-state index contributed by atoms with van der Waals surface area (Å²) >= 11 is 0. The molecule has 4 aromatic rings. The molecule has 192 valence electrons. The molecular weight excluding hydrogens is 454 g/mol. The Bertz CT molecular complexity index is 1770. The Hall–Kier alpha value is -3.60. The Morgan fingerprint density at radius 2 is 1.11 bits per heavy atom. The highest BCUT2D eigenvalue weighted by Gasteiger charge is 2.19. The van der Waals surface area contributed by atoms with E-state index < -0.39 is 0 Å². The van der Waals surface area contributed by atoms with Crippen LogP contribution in [-0.2, 0) is 19.3 Å². The minimum absolute atomic E-state index is 0.470. The van der Waals surface area contributed by atoms with Crippen molar-refractivity contribution in [2.45, 2.75) is 81.1 Å². The Balaban J connectivity index is 2.08. The van der Waals surface area contributed by atoms with E-state index >= 15 is 0 Å². The van der Waals surface area contributed by atoms with Crippen molar-refractivity contribution in [2.75, 3.05) is 0 Å². The summed E-state index contributed by atoms with van der Waals surface area (Å²) < 4.78 is 0. The number of aryl methyl sites for hydroxylation is 6. The van der Waals surface area contributed by atoms with Gasteiger partial charge in [0.25, 0.3) is 0 Å². The molecule has 0 unspecified atom stereocenters. The van der Waals surface area contributed by atoms with E-state index in [1.54, 1.807) is 0 Å². The molecule has 37 heavy (non-hydrogen) atoms. The summed E-state index contributed by atoms with van der Waals surface area (Å²) in [4.78, 5) is 16.1. The molecule has 0 spiro atoms. The van der Waals surface area contributed by atoms with Gasteiger partial charge in [-0.15, -0.1) is 0 Å². The zero-order valence-electron chi connectivity index (χ0n) is 23.5. The highest BCUT2D eigenvalue weighted by Crippen LogP contribution is 2.32. The van der Waals surface area contributed by atoms with Crippen LogP contribution in [0.4, 0.5) is 0 Å². The van der Waals surface area contributed by atoms with E-state index in [1.807, 2.05) is 0 Å². The van der Waals surface area contributed by atoms with Crippen LogP contribution in [0.3, 0.4) is 0 Å². The number of aromatic nitrogens is 4. The van der Waals surface area contributed by atoms with Crippen LogP contribution in [0, 0.1) is 26.2 Å². The first-order chi connectivity index (χ1) is 17.7. The second kappa shape index (κ2) is 9.37. The van der Waals surface area contributed by atoms with Crippen LogP contribution >= 0.6 is 0 Å². The van der Waals surface area contributed by atoms with Gasteiger partial charge in [0.1, 0.15) is 5.36 Å². The molecule has 4 aromatic heterocycles. The summed E-state index contributed by atoms with van der Waals surface area (Å²) in [5.74, 6) is 0. The number of nitrogens with one attached hydrogen (secondary N) is 4. The molecule has 5 heterocycles. The number of allylic oxidation sites excluding steroid dienone is 2. The Morgan fingerprint density at radius 1 is 0.622 bits per heavy atom. The van der Waals surface area contributed by atoms with Crippen molar-refractivity contribution in [3.05, 3.63) is 68.3 Å². The highest BCUT2D eigenvalue weighted by molar-refractivity contribution is 5.93. The first kappa shape index (κ1) is 25.1. The van der Waals surface area contributed by atoms with Crippen LogP contribution in [0.2, 0.25) is 0 Å². The van der Waals surface area contributed by atoms with Gasteiger partial charge in [-0.05, 0) is 116 Å². The average Bonchev–Trinajstić information content (AvgIpc) is 3.55. The second-order valence-electron chi connectivity index (χ2n) is 10.3. The average molecular weight is 494 g/mol. The minimum atomic E-state index is 0.470. The lowest BCUT2D eigenvalue weighted by molar-refractivity contribution is 1.13. The summed E-state index contributed by atoms with van der Waals surface area (Å²) in [6.07, 6.45) is 3.68. The maximum absolute atomic E-state index is 9.25. The summed E-state index contributed by atoms with van der Waals surface area (Å²) in [5, 5.41) is 9.72. The van der Waals surface area contributed by atoms with Crippen molar-refractivity contribution >= 4 is 44.2 Å². The fourth-order valence-electron chi connectivity index (χ4n) is 6.25. The quantitative estimate of drug-likeness (QED) is 0.228. The third-order valence-electron chi connectivity index (χ3n) is 8.42. The third kappa shape index (κ3) is 3.83. The summed E-state index contributed by atoms with van der Waals surface area (Å²) in [5.41, 5.74) is 18.1. The molecule has 0 amide bonds. The lowest BCUT2D eigenvalue weighted by atomic mass is 10.0. The minimum Gasteiger partial charge on any atom is -0.355 e. The normalized spacial score (nSPS) is 12.8. The molecule has 5 heteroatoms. The number of hydrogen-bond acceptors (Lipinski definition) is 2. The van der Waals surface area contributed by atoms with E-state index in [9.17, 15) is 5.41 Å². The van der Waals surface area contributed by atoms with Crippen molar-refractivity contribution in [2.24, 2.45) is 0 Å². The molecule has 0 fully saturated rings. The molecule has 0 saturated heterocycles. The molecule has 1 aliphatic heterocycles. The van der Waals surface area contributed by atoms with Crippen LogP contribution in [0.15, 0.2) is 18.2 Å². The molecule has 0 aromatic carbocycles. The highest BCUT2D eigenvalue weighted by atomic mass is 14.8. The van der Waals surface area contributed by atoms with Crippen LogP contribution in [0.25, 0.3) is 44.2 Å². The smallest absolute Gasteiger partial charge is 0.104 e. The van der Waals surface area contributed by atoms with Crippen molar-refractivity contribution in [1.82, 2.24) is 19.9 Å². The van der Waals surface area contributed by atoms with Gasteiger partial charge in [0, 0.05) is 27.6 Å². The molecule has 0 atom stereocenters. The molecule has 5 rings (SSSR count). The van der Waals surface area contributed by atoms with Crippen LogP contribution in [0.1, 0.15) is 85.8 Å².